The van der Waals surface area contributed by atoms with Crippen LogP contribution < -0.4 is 9.47 Å². The summed E-state index contributed by atoms with van der Waals surface area (Å²) in [5.74, 6) is -0.617. The number of nitrogens with zero attached hydrogens (tertiary/aromatic N) is 1. The maximum atomic E-state index is 12.8. The maximum Gasteiger partial charge on any atom is 0.307 e. The molecule has 0 unspecified atom stereocenters. The van der Waals surface area contributed by atoms with Crippen molar-refractivity contribution >= 4 is 16.0 Å². The lowest BCUT2D eigenvalue weighted by atomic mass is 10.1. The smallest absolute Gasteiger partial charge is 0.307 e. The second-order valence-electron chi connectivity index (χ2n) is 4.90. The third kappa shape index (κ3) is 3.74. The van der Waals surface area contributed by atoms with Crippen molar-refractivity contribution in [2.75, 3.05) is 40.5 Å². The van der Waals surface area contributed by atoms with Crippen LogP contribution in [0, 0.1) is 0 Å². The van der Waals surface area contributed by atoms with Gasteiger partial charge >= 0.3 is 5.97 Å². The van der Waals surface area contributed by atoms with E-state index in [0.717, 1.165) is 0 Å². The van der Waals surface area contributed by atoms with E-state index in [4.69, 9.17) is 19.3 Å². The molecule has 0 amide bonds. The van der Waals surface area contributed by atoms with E-state index in [0.29, 0.717) is 13.2 Å². The van der Waals surface area contributed by atoms with Gasteiger partial charge < -0.3 is 19.3 Å². The predicted octanol–water partition coefficient (Wildman–Crippen LogP) is 0.352. The highest BCUT2D eigenvalue weighted by atomic mass is 32.2. The number of hydrogen-bond acceptors (Lipinski definition) is 6. The molecule has 1 fully saturated rings. The first-order chi connectivity index (χ1) is 10.9. The summed E-state index contributed by atoms with van der Waals surface area (Å²) in [6.45, 7) is 1.06. The van der Waals surface area contributed by atoms with Gasteiger partial charge in [-0.3, -0.25) is 4.79 Å². The fourth-order valence-corrected chi connectivity index (χ4v) is 4.00. The summed E-state index contributed by atoms with van der Waals surface area (Å²) >= 11 is 0. The molecule has 1 aromatic carbocycles. The molecule has 1 aliphatic heterocycles. The summed E-state index contributed by atoms with van der Waals surface area (Å²) in [5.41, 5.74) is 0.154. The molecule has 0 aliphatic carbocycles. The Morgan fingerprint density at radius 1 is 1.22 bits per heavy atom. The fourth-order valence-electron chi connectivity index (χ4n) is 2.37. The highest BCUT2D eigenvalue weighted by molar-refractivity contribution is 7.89. The molecule has 0 spiro atoms. The van der Waals surface area contributed by atoms with Crippen LogP contribution in [0.5, 0.6) is 11.5 Å². The van der Waals surface area contributed by atoms with E-state index in [9.17, 15) is 13.2 Å². The van der Waals surface area contributed by atoms with Gasteiger partial charge in [-0.1, -0.05) is 0 Å². The van der Waals surface area contributed by atoms with Crippen LogP contribution in [0.1, 0.15) is 5.56 Å². The van der Waals surface area contributed by atoms with Crippen molar-refractivity contribution in [3.63, 3.8) is 0 Å². The average molecular weight is 345 g/mol. The number of carboxylic acid groups (broad SMARTS) is 1. The summed E-state index contributed by atoms with van der Waals surface area (Å²) in [4.78, 5) is 11.0. The van der Waals surface area contributed by atoms with Crippen molar-refractivity contribution < 1.29 is 32.5 Å². The third-order valence-electron chi connectivity index (χ3n) is 3.50. The van der Waals surface area contributed by atoms with Crippen molar-refractivity contribution in [1.82, 2.24) is 4.31 Å². The molecule has 8 nitrogen and oxygen atoms in total. The summed E-state index contributed by atoms with van der Waals surface area (Å²) in [6, 6.07) is 2.70. The first-order valence-electron chi connectivity index (χ1n) is 6.94. The highest BCUT2D eigenvalue weighted by Crippen LogP contribution is 2.34. The Hall–Kier alpha value is -1.84. The minimum absolute atomic E-state index is 0.0838. The van der Waals surface area contributed by atoms with Gasteiger partial charge in [-0.15, -0.1) is 0 Å². The topological polar surface area (TPSA) is 102 Å². The quantitative estimate of drug-likeness (QED) is 0.793. The van der Waals surface area contributed by atoms with Crippen molar-refractivity contribution in [3.05, 3.63) is 17.7 Å². The Bertz CT molecular complexity index is 681. The summed E-state index contributed by atoms with van der Waals surface area (Å²) in [6.07, 6.45) is -0.431. The monoisotopic (exact) mass is 345 g/mol. The number of methoxy groups -OCH3 is 2. The van der Waals surface area contributed by atoms with Crippen LogP contribution in [0.15, 0.2) is 17.0 Å². The average Bonchev–Trinajstić information content (AvgIpc) is 2.54. The van der Waals surface area contributed by atoms with E-state index in [-0.39, 0.29) is 35.0 Å². The summed E-state index contributed by atoms with van der Waals surface area (Å²) in [5, 5.41) is 9.06. The SMILES string of the molecule is COc1cc(CC(=O)O)c(S(=O)(=O)N2CCOCC2)cc1OC. The molecule has 1 N–H and O–H groups in total. The van der Waals surface area contributed by atoms with Gasteiger partial charge in [0.1, 0.15) is 0 Å². The van der Waals surface area contributed by atoms with E-state index in [1.165, 1.54) is 30.7 Å². The Morgan fingerprint density at radius 2 is 1.78 bits per heavy atom. The minimum atomic E-state index is -3.84. The second kappa shape index (κ2) is 7.16. The number of rotatable bonds is 6. The number of ether oxygens (including phenoxy) is 3. The lowest BCUT2D eigenvalue weighted by Crippen LogP contribution is -2.41. The van der Waals surface area contributed by atoms with Gasteiger partial charge in [0.05, 0.1) is 38.7 Å². The highest BCUT2D eigenvalue weighted by Gasteiger charge is 2.30. The Morgan fingerprint density at radius 3 is 2.30 bits per heavy atom. The van der Waals surface area contributed by atoms with Crippen LogP contribution in [-0.4, -0.2) is 64.3 Å². The van der Waals surface area contributed by atoms with Gasteiger partial charge in [-0.2, -0.15) is 4.31 Å². The second-order valence-corrected chi connectivity index (χ2v) is 6.81. The van der Waals surface area contributed by atoms with Crippen LogP contribution >= 0.6 is 0 Å². The van der Waals surface area contributed by atoms with Gasteiger partial charge in [0.2, 0.25) is 10.0 Å². The van der Waals surface area contributed by atoms with Crippen LogP contribution in [0.3, 0.4) is 0 Å². The molecule has 1 saturated heterocycles. The fraction of sp³-hybridized carbons (Fsp3) is 0.500. The summed E-state index contributed by atoms with van der Waals surface area (Å²) < 4.78 is 42.4. The number of aliphatic carboxylic acids is 1. The molecular weight excluding hydrogens is 326 g/mol. The Labute approximate surface area is 134 Å². The molecule has 128 valence electrons. The Balaban J connectivity index is 2.55. The number of carboxylic acids is 1. The Kier molecular flexibility index (Phi) is 5.45. The standard InChI is InChI=1S/C14H19NO7S/c1-20-11-7-10(8-14(16)17)13(9-12(11)21-2)23(18,19)15-3-5-22-6-4-15/h7,9H,3-6,8H2,1-2H3,(H,16,17). The lowest BCUT2D eigenvalue weighted by molar-refractivity contribution is -0.136. The molecule has 1 heterocycles. The van der Waals surface area contributed by atoms with Gasteiger partial charge in [0.15, 0.2) is 11.5 Å². The first kappa shape index (κ1) is 17.5. The molecule has 0 atom stereocenters. The first-order valence-corrected chi connectivity index (χ1v) is 8.38. The zero-order valence-corrected chi connectivity index (χ0v) is 13.8. The van der Waals surface area contributed by atoms with Crippen LogP contribution in [0.2, 0.25) is 0 Å². The van der Waals surface area contributed by atoms with Crippen LogP contribution in [-0.2, 0) is 26.0 Å². The van der Waals surface area contributed by atoms with Gasteiger partial charge in [0, 0.05) is 19.2 Å². The predicted molar refractivity (Wildman–Crippen MR) is 80.5 cm³/mol. The van der Waals surface area contributed by atoms with Crippen molar-refractivity contribution in [3.8, 4) is 11.5 Å². The molecule has 0 bridgehead atoms. The number of morpholine rings is 1. The molecule has 2 rings (SSSR count). The maximum absolute atomic E-state index is 12.8. The van der Waals surface area contributed by atoms with Gasteiger partial charge in [-0.05, 0) is 11.6 Å². The number of carbonyl (C=O) groups is 1. The van der Waals surface area contributed by atoms with E-state index >= 15 is 0 Å². The molecular formula is C14H19NO7S. The largest absolute Gasteiger partial charge is 0.493 e. The molecule has 23 heavy (non-hydrogen) atoms. The zero-order chi connectivity index (χ0) is 17.0. The van der Waals surface area contributed by atoms with Crippen molar-refractivity contribution in [1.29, 1.82) is 0 Å². The normalized spacial score (nSPS) is 16.1. The van der Waals surface area contributed by atoms with E-state index in [1.54, 1.807) is 0 Å². The van der Waals surface area contributed by atoms with Crippen molar-refractivity contribution in [2.24, 2.45) is 0 Å². The van der Waals surface area contributed by atoms with Gasteiger partial charge in [0.25, 0.3) is 0 Å². The van der Waals surface area contributed by atoms with Crippen LogP contribution in [0.4, 0.5) is 0 Å². The lowest BCUT2D eigenvalue weighted by Gasteiger charge is -2.27. The molecule has 9 heteroatoms. The minimum Gasteiger partial charge on any atom is -0.493 e. The van der Waals surface area contributed by atoms with Crippen LogP contribution in [0.25, 0.3) is 0 Å². The van der Waals surface area contributed by atoms with Gasteiger partial charge in [-0.25, -0.2) is 8.42 Å². The third-order valence-corrected chi connectivity index (χ3v) is 5.48. The molecule has 0 saturated carbocycles. The number of sulfonamides is 1. The molecule has 1 aliphatic rings. The molecule has 0 radical (unpaired) electrons. The molecule has 0 aromatic heterocycles. The zero-order valence-electron chi connectivity index (χ0n) is 12.9. The van der Waals surface area contributed by atoms with Crippen molar-refractivity contribution in [2.45, 2.75) is 11.3 Å². The number of benzene rings is 1. The summed E-state index contributed by atoms with van der Waals surface area (Å²) in [7, 11) is -1.05. The van der Waals surface area contributed by atoms with E-state index in [2.05, 4.69) is 0 Å². The number of hydrogen-bond donors (Lipinski definition) is 1. The van der Waals surface area contributed by atoms with E-state index < -0.39 is 22.4 Å². The van der Waals surface area contributed by atoms with E-state index in [1.807, 2.05) is 0 Å². The molecule has 1 aromatic rings.